The van der Waals surface area contributed by atoms with Crippen molar-refractivity contribution in [3.8, 4) is 0 Å². The molecule has 0 saturated carbocycles. The van der Waals surface area contributed by atoms with Gasteiger partial charge in [-0.25, -0.2) is 13.1 Å². The first-order valence-electron chi connectivity index (χ1n) is 6.99. The molecule has 0 fully saturated rings. The van der Waals surface area contributed by atoms with Crippen LogP contribution in [0.3, 0.4) is 0 Å². The van der Waals surface area contributed by atoms with Crippen LogP contribution in [0.4, 0.5) is 5.69 Å². The first-order valence-corrected chi connectivity index (χ1v) is 11.0. The summed E-state index contributed by atoms with van der Waals surface area (Å²) in [4.78, 5) is 0.935. The van der Waals surface area contributed by atoms with E-state index < -0.39 is 10.0 Å². The van der Waals surface area contributed by atoms with Crippen molar-refractivity contribution < 1.29 is 8.42 Å². The molecule has 21 heavy (non-hydrogen) atoms. The van der Waals surface area contributed by atoms with Crippen molar-refractivity contribution in [1.82, 2.24) is 4.72 Å². The molecule has 120 valence electrons. The minimum atomic E-state index is -3.17. The minimum Gasteiger partial charge on any atom is -0.398 e. The van der Waals surface area contributed by atoms with Gasteiger partial charge in [0.15, 0.2) is 0 Å². The Kier molecular flexibility index (Phi) is 9.23. The fourth-order valence-electron chi connectivity index (χ4n) is 1.72. The first-order chi connectivity index (χ1) is 10.0. The van der Waals surface area contributed by atoms with Gasteiger partial charge in [0, 0.05) is 22.9 Å². The van der Waals surface area contributed by atoms with Crippen LogP contribution < -0.4 is 10.5 Å². The van der Waals surface area contributed by atoms with Gasteiger partial charge in [-0.05, 0) is 37.0 Å². The standard InChI is InChI=1S/C14H24N2O2S3/c1-19-10-6-2-5-9-16-21(17,18)12-11-20-14-8-4-3-7-13(14)15/h3-4,7-8,16H,2,5-6,9-12,15H2,1H3. The number of sulfonamides is 1. The van der Waals surface area contributed by atoms with Gasteiger partial charge in [0.25, 0.3) is 0 Å². The second-order valence-electron chi connectivity index (χ2n) is 4.65. The number of anilines is 1. The Labute approximate surface area is 136 Å². The second kappa shape index (κ2) is 10.4. The van der Waals surface area contributed by atoms with Crippen molar-refractivity contribution in [3.63, 3.8) is 0 Å². The van der Waals surface area contributed by atoms with Gasteiger partial charge in [-0.3, -0.25) is 0 Å². The number of nitrogens with two attached hydrogens (primary N) is 1. The summed E-state index contributed by atoms with van der Waals surface area (Å²) < 4.78 is 26.3. The summed E-state index contributed by atoms with van der Waals surface area (Å²) in [5, 5.41) is 0. The lowest BCUT2D eigenvalue weighted by atomic mass is 10.2. The Hall–Kier alpha value is -0.370. The molecule has 1 rings (SSSR count). The van der Waals surface area contributed by atoms with E-state index in [0.717, 1.165) is 29.9 Å². The van der Waals surface area contributed by atoms with E-state index in [1.807, 2.05) is 36.0 Å². The molecule has 1 aromatic rings. The summed E-state index contributed by atoms with van der Waals surface area (Å²) in [5.41, 5.74) is 6.52. The maximum atomic E-state index is 11.8. The summed E-state index contributed by atoms with van der Waals surface area (Å²) in [6, 6.07) is 7.50. The van der Waals surface area contributed by atoms with Crippen molar-refractivity contribution in [1.29, 1.82) is 0 Å². The molecule has 0 aliphatic heterocycles. The van der Waals surface area contributed by atoms with Gasteiger partial charge in [-0.1, -0.05) is 18.6 Å². The van der Waals surface area contributed by atoms with E-state index in [2.05, 4.69) is 11.0 Å². The van der Waals surface area contributed by atoms with Gasteiger partial charge < -0.3 is 5.73 Å². The van der Waals surface area contributed by atoms with Crippen molar-refractivity contribution in [2.45, 2.75) is 24.2 Å². The third-order valence-corrected chi connectivity index (χ3v) is 6.31. The molecule has 7 heteroatoms. The summed E-state index contributed by atoms with van der Waals surface area (Å²) in [6.07, 6.45) is 5.20. The number of nitrogens with one attached hydrogen (secondary N) is 1. The van der Waals surface area contributed by atoms with Crippen LogP contribution in [0.25, 0.3) is 0 Å². The van der Waals surface area contributed by atoms with Crippen LogP contribution >= 0.6 is 23.5 Å². The van der Waals surface area contributed by atoms with Gasteiger partial charge >= 0.3 is 0 Å². The first kappa shape index (κ1) is 18.7. The number of hydrogen-bond acceptors (Lipinski definition) is 5. The predicted octanol–water partition coefficient (Wildman–Crippen LogP) is 2.81. The third kappa shape index (κ3) is 8.60. The average Bonchev–Trinajstić information content (AvgIpc) is 2.45. The van der Waals surface area contributed by atoms with Crippen LogP contribution in [0.5, 0.6) is 0 Å². The summed E-state index contributed by atoms with van der Waals surface area (Å²) >= 11 is 3.30. The Bertz CT molecular complexity index is 507. The molecule has 0 aromatic heterocycles. The largest absolute Gasteiger partial charge is 0.398 e. The molecule has 0 heterocycles. The highest BCUT2D eigenvalue weighted by Crippen LogP contribution is 2.24. The Morgan fingerprint density at radius 3 is 2.62 bits per heavy atom. The molecule has 0 aliphatic rings. The van der Waals surface area contributed by atoms with Gasteiger partial charge in [-0.2, -0.15) is 11.8 Å². The molecule has 0 atom stereocenters. The maximum absolute atomic E-state index is 11.8. The van der Waals surface area contributed by atoms with Crippen LogP contribution in [0, 0.1) is 0 Å². The molecule has 0 spiro atoms. The zero-order valence-corrected chi connectivity index (χ0v) is 14.8. The van der Waals surface area contributed by atoms with E-state index in [9.17, 15) is 8.42 Å². The number of thioether (sulfide) groups is 2. The van der Waals surface area contributed by atoms with Gasteiger partial charge in [0.1, 0.15) is 0 Å². The van der Waals surface area contributed by atoms with E-state index in [-0.39, 0.29) is 5.75 Å². The molecular formula is C14H24N2O2S3. The predicted molar refractivity (Wildman–Crippen MR) is 95.6 cm³/mol. The normalized spacial score (nSPS) is 11.7. The summed E-state index contributed by atoms with van der Waals surface area (Å²) in [6.45, 7) is 0.537. The van der Waals surface area contributed by atoms with Gasteiger partial charge in [0.2, 0.25) is 10.0 Å². The Balaban J connectivity index is 2.19. The SMILES string of the molecule is CSCCCCCNS(=O)(=O)CCSc1ccccc1N. The van der Waals surface area contributed by atoms with E-state index >= 15 is 0 Å². The molecule has 4 nitrogen and oxygen atoms in total. The summed E-state index contributed by atoms with van der Waals surface area (Å²) in [7, 11) is -3.17. The number of nitrogen functional groups attached to an aromatic ring is 1. The van der Waals surface area contributed by atoms with Gasteiger partial charge in [0.05, 0.1) is 5.75 Å². The van der Waals surface area contributed by atoms with E-state index in [1.165, 1.54) is 11.8 Å². The van der Waals surface area contributed by atoms with Crippen molar-refractivity contribution in [2.24, 2.45) is 0 Å². The topological polar surface area (TPSA) is 72.2 Å². The van der Waals surface area contributed by atoms with Crippen LogP contribution in [-0.2, 0) is 10.0 Å². The number of rotatable bonds is 11. The Morgan fingerprint density at radius 1 is 1.14 bits per heavy atom. The fraction of sp³-hybridized carbons (Fsp3) is 0.571. The third-order valence-electron chi connectivity index (χ3n) is 2.88. The molecule has 0 bridgehead atoms. The fourth-order valence-corrected chi connectivity index (χ4v) is 4.65. The van der Waals surface area contributed by atoms with Crippen LogP contribution in [0.15, 0.2) is 29.2 Å². The highest BCUT2D eigenvalue weighted by molar-refractivity contribution is 8.00. The number of benzene rings is 1. The van der Waals surface area contributed by atoms with Crippen LogP contribution in [0.1, 0.15) is 19.3 Å². The molecular weight excluding hydrogens is 324 g/mol. The monoisotopic (exact) mass is 348 g/mol. The maximum Gasteiger partial charge on any atom is 0.212 e. The quantitative estimate of drug-likeness (QED) is 0.365. The molecule has 0 unspecified atom stereocenters. The smallest absolute Gasteiger partial charge is 0.212 e. The van der Waals surface area contributed by atoms with Crippen LogP contribution in [0.2, 0.25) is 0 Å². The molecule has 0 amide bonds. The number of hydrogen-bond donors (Lipinski definition) is 2. The molecule has 0 radical (unpaired) electrons. The summed E-state index contributed by atoms with van der Waals surface area (Å²) in [5.74, 6) is 1.77. The minimum absolute atomic E-state index is 0.122. The zero-order valence-electron chi connectivity index (χ0n) is 12.4. The average molecular weight is 349 g/mol. The lowest BCUT2D eigenvalue weighted by Crippen LogP contribution is -2.28. The number of unbranched alkanes of at least 4 members (excludes halogenated alkanes) is 2. The van der Waals surface area contributed by atoms with Crippen molar-refractivity contribution in [3.05, 3.63) is 24.3 Å². The van der Waals surface area contributed by atoms with E-state index in [4.69, 9.17) is 5.73 Å². The molecule has 0 saturated heterocycles. The Morgan fingerprint density at radius 2 is 1.90 bits per heavy atom. The van der Waals surface area contributed by atoms with Crippen molar-refractivity contribution >= 4 is 39.2 Å². The van der Waals surface area contributed by atoms with Crippen molar-refractivity contribution in [2.75, 3.05) is 35.8 Å². The van der Waals surface area contributed by atoms with Gasteiger partial charge in [-0.15, -0.1) is 11.8 Å². The lowest BCUT2D eigenvalue weighted by molar-refractivity contribution is 0.578. The highest BCUT2D eigenvalue weighted by Gasteiger charge is 2.10. The zero-order chi connectivity index (χ0) is 15.6. The highest BCUT2D eigenvalue weighted by atomic mass is 32.2. The lowest BCUT2D eigenvalue weighted by Gasteiger charge is -2.07. The molecule has 1 aromatic carbocycles. The number of para-hydroxylation sites is 1. The van der Waals surface area contributed by atoms with E-state index in [1.54, 1.807) is 0 Å². The van der Waals surface area contributed by atoms with Crippen LogP contribution in [-0.4, -0.2) is 38.5 Å². The second-order valence-corrected chi connectivity index (χ2v) is 8.70. The molecule has 0 aliphatic carbocycles. The molecule has 3 N–H and O–H groups in total. The van der Waals surface area contributed by atoms with E-state index in [0.29, 0.717) is 18.0 Å².